The summed E-state index contributed by atoms with van der Waals surface area (Å²) in [6, 6.07) is 10.3. The Morgan fingerprint density at radius 3 is 2.72 bits per heavy atom. The Balaban J connectivity index is 2.08. The van der Waals surface area contributed by atoms with Crippen LogP contribution in [0.2, 0.25) is 0 Å². The van der Waals surface area contributed by atoms with Gasteiger partial charge in [0.2, 0.25) is 5.75 Å². The molecule has 132 valence electrons. The number of carbonyl (C=O) groups is 1. The van der Waals surface area contributed by atoms with Crippen LogP contribution in [-0.2, 0) is 4.79 Å². The van der Waals surface area contributed by atoms with Gasteiger partial charge < -0.3 is 10.1 Å². The minimum absolute atomic E-state index is 0.265. The number of anilines is 1. The van der Waals surface area contributed by atoms with Crippen LogP contribution in [0.1, 0.15) is 31.7 Å². The number of halogens is 1. The summed E-state index contributed by atoms with van der Waals surface area (Å²) >= 11 is 0. The van der Waals surface area contributed by atoms with Crippen molar-refractivity contribution >= 4 is 17.3 Å². The molecule has 6 nitrogen and oxygen atoms in total. The molecule has 0 aliphatic rings. The number of benzene rings is 2. The lowest BCUT2D eigenvalue weighted by molar-refractivity contribution is -0.385. The molecule has 2 rings (SSSR count). The molecule has 1 amide bonds. The number of para-hydroxylation sites is 1. The van der Waals surface area contributed by atoms with Crippen molar-refractivity contribution in [3.8, 4) is 5.75 Å². The Morgan fingerprint density at radius 1 is 1.32 bits per heavy atom. The van der Waals surface area contributed by atoms with Crippen molar-refractivity contribution in [2.24, 2.45) is 0 Å². The number of hydrogen-bond acceptors (Lipinski definition) is 4. The van der Waals surface area contributed by atoms with Crippen LogP contribution in [0.15, 0.2) is 42.5 Å². The fourth-order valence-corrected chi connectivity index (χ4v) is 2.34. The van der Waals surface area contributed by atoms with Crippen molar-refractivity contribution in [2.45, 2.75) is 26.2 Å². The zero-order valence-corrected chi connectivity index (χ0v) is 14.0. The monoisotopic (exact) mass is 346 g/mol. The summed E-state index contributed by atoms with van der Waals surface area (Å²) in [7, 11) is 0. The number of carbonyl (C=O) groups excluding carboxylic acids is 1. The molecule has 25 heavy (non-hydrogen) atoms. The van der Waals surface area contributed by atoms with Crippen molar-refractivity contribution in [1.82, 2.24) is 0 Å². The Kier molecular flexibility index (Phi) is 6.05. The topological polar surface area (TPSA) is 81.5 Å². The molecule has 0 saturated carbocycles. The molecule has 0 aromatic heterocycles. The normalized spacial score (nSPS) is 11.6. The molecule has 0 aliphatic carbocycles. The van der Waals surface area contributed by atoms with Crippen molar-refractivity contribution in [3.05, 3.63) is 64.0 Å². The van der Waals surface area contributed by atoms with E-state index in [0.717, 1.165) is 30.2 Å². The maximum atomic E-state index is 13.3. The fraction of sp³-hybridized carbons (Fsp3) is 0.278. The molecule has 7 heteroatoms. The number of rotatable bonds is 7. The zero-order valence-electron chi connectivity index (χ0n) is 14.0. The van der Waals surface area contributed by atoms with E-state index >= 15 is 0 Å². The summed E-state index contributed by atoms with van der Waals surface area (Å²) in [6.45, 7) is 3.65. The van der Waals surface area contributed by atoms with Crippen molar-refractivity contribution in [1.29, 1.82) is 0 Å². The Bertz CT molecular complexity index is 779. The summed E-state index contributed by atoms with van der Waals surface area (Å²) in [6.07, 6.45) is 0.916. The highest BCUT2D eigenvalue weighted by Crippen LogP contribution is 2.28. The largest absolute Gasteiger partial charge is 0.477 e. The SMILES string of the molecule is CC[C@H](C)c1ccccc1NC(=O)COc1cc(F)ccc1[N+](=O)[O-]. The van der Waals surface area contributed by atoms with E-state index in [-0.39, 0.29) is 11.7 Å². The molecule has 0 heterocycles. The molecule has 1 atom stereocenters. The third kappa shape index (κ3) is 4.76. The van der Waals surface area contributed by atoms with Crippen LogP contribution in [0, 0.1) is 15.9 Å². The maximum absolute atomic E-state index is 13.3. The second-order valence-electron chi connectivity index (χ2n) is 5.60. The number of nitro groups is 1. The van der Waals surface area contributed by atoms with Crippen molar-refractivity contribution in [2.75, 3.05) is 11.9 Å². The zero-order chi connectivity index (χ0) is 18.4. The van der Waals surface area contributed by atoms with E-state index in [0.29, 0.717) is 5.69 Å². The van der Waals surface area contributed by atoms with Gasteiger partial charge in [-0.25, -0.2) is 4.39 Å². The fourth-order valence-electron chi connectivity index (χ4n) is 2.34. The smallest absolute Gasteiger partial charge is 0.311 e. The van der Waals surface area contributed by atoms with Crippen LogP contribution >= 0.6 is 0 Å². The third-order valence-corrected chi connectivity index (χ3v) is 3.86. The molecule has 0 spiro atoms. The maximum Gasteiger partial charge on any atom is 0.311 e. The Labute approximate surface area is 144 Å². The van der Waals surface area contributed by atoms with Gasteiger partial charge in [0.25, 0.3) is 5.91 Å². The molecule has 0 saturated heterocycles. The first-order chi connectivity index (χ1) is 11.9. The molecule has 0 aliphatic heterocycles. The lowest BCUT2D eigenvalue weighted by Crippen LogP contribution is -2.21. The average Bonchev–Trinajstić information content (AvgIpc) is 2.59. The van der Waals surface area contributed by atoms with Gasteiger partial charge in [0.15, 0.2) is 6.61 Å². The third-order valence-electron chi connectivity index (χ3n) is 3.86. The lowest BCUT2D eigenvalue weighted by Gasteiger charge is -2.15. The van der Waals surface area contributed by atoms with Gasteiger partial charge in [-0.15, -0.1) is 0 Å². The van der Waals surface area contributed by atoms with E-state index in [9.17, 15) is 19.3 Å². The predicted molar refractivity (Wildman–Crippen MR) is 92.3 cm³/mol. The van der Waals surface area contributed by atoms with Crippen LogP contribution in [0.3, 0.4) is 0 Å². The highest BCUT2D eigenvalue weighted by atomic mass is 19.1. The van der Waals surface area contributed by atoms with Crippen LogP contribution in [0.5, 0.6) is 5.75 Å². The van der Waals surface area contributed by atoms with Gasteiger partial charge in [0.05, 0.1) is 4.92 Å². The quantitative estimate of drug-likeness (QED) is 0.600. The van der Waals surface area contributed by atoms with Gasteiger partial charge in [-0.2, -0.15) is 0 Å². The van der Waals surface area contributed by atoms with Crippen LogP contribution in [0.25, 0.3) is 0 Å². The van der Waals surface area contributed by atoms with E-state index in [1.807, 2.05) is 12.1 Å². The molecule has 2 aromatic carbocycles. The van der Waals surface area contributed by atoms with E-state index in [4.69, 9.17) is 4.74 Å². The van der Waals surface area contributed by atoms with E-state index in [1.54, 1.807) is 12.1 Å². The Morgan fingerprint density at radius 2 is 2.04 bits per heavy atom. The standard InChI is InChI=1S/C18H19FN2O4/c1-3-12(2)14-6-4-5-7-15(14)20-18(22)11-25-17-10-13(19)8-9-16(17)21(23)24/h4-10,12H,3,11H2,1-2H3,(H,20,22)/t12-/m0/s1. The van der Waals surface area contributed by atoms with Gasteiger partial charge in [-0.05, 0) is 30.0 Å². The number of nitro benzene ring substituents is 1. The molecule has 1 N–H and O–H groups in total. The highest BCUT2D eigenvalue weighted by molar-refractivity contribution is 5.92. The summed E-state index contributed by atoms with van der Waals surface area (Å²) < 4.78 is 18.4. The summed E-state index contributed by atoms with van der Waals surface area (Å²) in [4.78, 5) is 22.3. The second kappa shape index (κ2) is 8.23. The average molecular weight is 346 g/mol. The van der Waals surface area contributed by atoms with E-state index in [2.05, 4.69) is 19.2 Å². The van der Waals surface area contributed by atoms with Gasteiger partial charge in [-0.1, -0.05) is 32.0 Å². The van der Waals surface area contributed by atoms with Crippen LogP contribution in [-0.4, -0.2) is 17.4 Å². The second-order valence-corrected chi connectivity index (χ2v) is 5.60. The van der Waals surface area contributed by atoms with Gasteiger partial charge in [0, 0.05) is 17.8 Å². The minimum atomic E-state index is -0.690. The van der Waals surface area contributed by atoms with Crippen molar-refractivity contribution < 1.29 is 18.8 Å². The molecule has 0 bridgehead atoms. The first-order valence-corrected chi connectivity index (χ1v) is 7.87. The number of amides is 1. The Hall–Kier alpha value is -2.96. The first-order valence-electron chi connectivity index (χ1n) is 7.87. The van der Waals surface area contributed by atoms with Crippen molar-refractivity contribution in [3.63, 3.8) is 0 Å². The van der Waals surface area contributed by atoms with E-state index in [1.165, 1.54) is 0 Å². The lowest BCUT2D eigenvalue weighted by atomic mass is 9.97. The van der Waals surface area contributed by atoms with Crippen LogP contribution < -0.4 is 10.1 Å². The highest BCUT2D eigenvalue weighted by Gasteiger charge is 2.17. The summed E-state index contributed by atoms with van der Waals surface area (Å²) in [5, 5.41) is 13.7. The van der Waals surface area contributed by atoms with Crippen LogP contribution in [0.4, 0.5) is 15.8 Å². The van der Waals surface area contributed by atoms with Gasteiger partial charge in [-0.3, -0.25) is 14.9 Å². The van der Waals surface area contributed by atoms with Gasteiger partial charge >= 0.3 is 5.69 Å². The van der Waals surface area contributed by atoms with E-state index < -0.39 is 28.9 Å². The number of hydrogen-bond donors (Lipinski definition) is 1. The molecular formula is C18H19FN2O4. The molecule has 0 fully saturated rings. The minimum Gasteiger partial charge on any atom is -0.477 e. The van der Waals surface area contributed by atoms with Gasteiger partial charge in [0.1, 0.15) is 5.82 Å². The summed E-state index contributed by atoms with van der Waals surface area (Å²) in [5.74, 6) is -1.17. The number of nitrogens with zero attached hydrogens (tertiary/aromatic N) is 1. The molecular weight excluding hydrogens is 327 g/mol. The summed E-state index contributed by atoms with van der Waals surface area (Å²) in [5.41, 5.74) is 1.27. The number of ether oxygens (including phenoxy) is 1. The number of nitrogens with one attached hydrogen (secondary N) is 1. The molecule has 0 radical (unpaired) electrons. The molecule has 2 aromatic rings. The predicted octanol–water partition coefficient (Wildman–Crippen LogP) is 4.26. The molecule has 0 unspecified atom stereocenters. The first kappa shape index (κ1) is 18.4.